The Balaban J connectivity index is 1.54. The van der Waals surface area contributed by atoms with Crippen molar-refractivity contribution < 1.29 is 58.2 Å². The number of esters is 1. The van der Waals surface area contributed by atoms with E-state index in [1.807, 2.05) is 6.92 Å². The lowest BCUT2D eigenvalue weighted by atomic mass is 9.78. The topological polar surface area (TPSA) is 198 Å². The molecule has 5 bridgehead atoms. The third-order valence-electron chi connectivity index (χ3n) is 12.6. The first-order valence-corrected chi connectivity index (χ1v) is 20.7. The van der Waals surface area contributed by atoms with Gasteiger partial charge in [-0.15, -0.1) is 0 Å². The van der Waals surface area contributed by atoms with E-state index >= 15 is 9.59 Å². The molecule has 0 aromatic heterocycles. The van der Waals surface area contributed by atoms with Crippen LogP contribution in [0, 0.1) is 37.5 Å². The highest BCUT2D eigenvalue weighted by molar-refractivity contribution is 6.32. The number of carbonyl (C=O) groups excluding carboxylic acids is 5. The van der Waals surface area contributed by atoms with Gasteiger partial charge in [-0.2, -0.15) is 0 Å². The SMILES string of the molecule is COC1C=COC2(C)Oc3c(C)c(OC(=O)c4ccc(C)cc4)c4c(c3C2=O)C(=O)C(N2CCCC2)=C(NC(=O)C(C)=CC=CC(C)C(O)C(C)C(O)C(C)C(O)C1C)C4=O. The molecule has 1 aliphatic carbocycles. The van der Waals surface area contributed by atoms with Gasteiger partial charge in [0.1, 0.15) is 22.9 Å². The van der Waals surface area contributed by atoms with Crippen LogP contribution in [0.4, 0.5) is 0 Å². The van der Waals surface area contributed by atoms with Crippen molar-refractivity contribution in [3.8, 4) is 11.5 Å². The molecule has 1 fully saturated rings. The monoisotopic (exact) mass is 840 g/mol. The second-order valence-electron chi connectivity index (χ2n) is 16.9. The van der Waals surface area contributed by atoms with Gasteiger partial charge in [-0.05, 0) is 51.8 Å². The van der Waals surface area contributed by atoms with Crippen LogP contribution in [0.25, 0.3) is 0 Å². The summed E-state index contributed by atoms with van der Waals surface area (Å²) in [6, 6.07) is 6.54. The molecule has 5 aliphatic rings. The molecule has 9 atom stereocenters. The number of carbonyl (C=O) groups is 5. The number of methoxy groups -OCH3 is 1. The molecule has 326 valence electrons. The van der Waals surface area contributed by atoms with Crippen molar-refractivity contribution in [3.63, 3.8) is 0 Å². The fraction of sp³-hybridized carbons (Fsp3) is 0.468. The molecular formula is C47H56N2O12. The number of ketones is 3. The summed E-state index contributed by atoms with van der Waals surface area (Å²) in [7, 11) is 1.43. The molecular weight excluding hydrogens is 785 g/mol. The first-order chi connectivity index (χ1) is 28.8. The van der Waals surface area contributed by atoms with E-state index in [4.69, 9.17) is 18.9 Å². The van der Waals surface area contributed by atoms with E-state index in [0.29, 0.717) is 25.9 Å². The van der Waals surface area contributed by atoms with Crippen molar-refractivity contribution in [1.29, 1.82) is 0 Å². The normalized spacial score (nSPS) is 30.0. The van der Waals surface area contributed by atoms with E-state index in [2.05, 4.69) is 5.32 Å². The molecule has 2 aromatic rings. The van der Waals surface area contributed by atoms with Gasteiger partial charge >= 0.3 is 11.8 Å². The summed E-state index contributed by atoms with van der Waals surface area (Å²) >= 11 is 0. The Hall–Kier alpha value is -5.41. The Bertz CT molecular complexity index is 2230. The highest BCUT2D eigenvalue weighted by Crippen LogP contribution is 2.50. The molecule has 1 saturated heterocycles. The van der Waals surface area contributed by atoms with Gasteiger partial charge in [0.2, 0.25) is 11.6 Å². The van der Waals surface area contributed by atoms with E-state index in [9.17, 15) is 29.7 Å². The van der Waals surface area contributed by atoms with Crippen LogP contribution in [0.5, 0.6) is 11.5 Å². The minimum Gasteiger partial charge on any atom is -0.454 e. The zero-order valence-electron chi connectivity index (χ0n) is 36.1. The minimum atomic E-state index is -2.10. The summed E-state index contributed by atoms with van der Waals surface area (Å²) in [6.45, 7) is 13.8. The van der Waals surface area contributed by atoms with Gasteiger partial charge in [-0.1, -0.05) is 63.6 Å². The highest BCUT2D eigenvalue weighted by atomic mass is 16.7. The van der Waals surface area contributed by atoms with Gasteiger partial charge in [0, 0.05) is 61.9 Å². The average Bonchev–Trinajstić information content (AvgIpc) is 3.86. The maximum atomic E-state index is 15.1. The number of amides is 1. The summed E-state index contributed by atoms with van der Waals surface area (Å²) in [5.74, 6) is -9.00. The van der Waals surface area contributed by atoms with E-state index < -0.39 is 83.1 Å². The quantitative estimate of drug-likeness (QED) is 0.229. The fourth-order valence-corrected chi connectivity index (χ4v) is 8.48. The molecule has 4 heterocycles. The van der Waals surface area contributed by atoms with Crippen molar-refractivity contribution in [1.82, 2.24) is 10.2 Å². The number of allylic oxidation sites excluding steroid dienone is 4. The van der Waals surface area contributed by atoms with Crippen LogP contribution in [-0.4, -0.2) is 99.8 Å². The lowest BCUT2D eigenvalue weighted by molar-refractivity contribution is -0.116. The number of aliphatic hydroxyl groups excluding tert-OH is 3. The van der Waals surface area contributed by atoms with Crippen LogP contribution < -0.4 is 14.8 Å². The number of rotatable bonds is 4. The molecule has 0 spiro atoms. The Morgan fingerprint density at radius 1 is 0.836 bits per heavy atom. The number of Topliss-reactive ketones (excluding diaryl/α,β-unsaturated/α-hetero) is 3. The van der Waals surface area contributed by atoms with Gasteiger partial charge in [0.05, 0.1) is 52.9 Å². The number of hydrogen-bond donors (Lipinski definition) is 4. The fourth-order valence-electron chi connectivity index (χ4n) is 8.48. The molecule has 2 aromatic carbocycles. The number of fused-ring (bicyclic) bond motifs is 14. The Morgan fingerprint density at radius 2 is 1.46 bits per heavy atom. The average molecular weight is 841 g/mol. The number of ether oxygens (including phenoxy) is 4. The minimum absolute atomic E-state index is 0.0617. The summed E-state index contributed by atoms with van der Waals surface area (Å²) < 4.78 is 23.9. The molecule has 14 nitrogen and oxygen atoms in total. The maximum absolute atomic E-state index is 15.1. The van der Waals surface area contributed by atoms with Crippen LogP contribution in [0.1, 0.15) is 107 Å². The molecule has 0 radical (unpaired) electrons. The summed E-state index contributed by atoms with van der Waals surface area (Å²) in [6.07, 6.45) is 4.73. The van der Waals surface area contributed by atoms with Crippen LogP contribution in [-0.2, 0) is 14.3 Å². The predicted octanol–water partition coefficient (Wildman–Crippen LogP) is 5.31. The predicted molar refractivity (Wildman–Crippen MR) is 224 cm³/mol. The summed E-state index contributed by atoms with van der Waals surface area (Å²) in [5, 5.41) is 36.7. The second-order valence-corrected chi connectivity index (χ2v) is 16.9. The van der Waals surface area contributed by atoms with Gasteiger partial charge in [0.15, 0.2) is 0 Å². The van der Waals surface area contributed by atoms with Crippen LogP contribution in [0.2, 0.25) is 0 Å². The van der Waals surface area contributed by atoms with Crippen molar-refractivity contribution in [2.45, 2.75) is 98.4 Å². The molecule has 4 N–H and O–H groups in total. The van der Waals surface area contributed by atoms with Crippen molar-refractivity contribution >= 4 is 29.2 Å². The largest absolute Gasteiger partial charge is 0.454 e. The summed E-state index contributed by atoms with van der Waals surface area (Å²) in [4.78, 5) is 74.1. The molecule has 0 saturated carbocycles. The van der Waals surface area contributed by atoms with Crippen LogP contribution >= 0.6 is 0 Å². The molecule has 9 unspecified atom stereocenters. The van der Waals surface area contributed by atoms with Crippen molar-refractivity contribution in [2.24, 2.45) is 23.7 Å². The first kappa shape index (κ1) is 45.1. The molecule has 14 heteroatoms. The number of benzene rings is 2. The van der Waals surface area contributed by atoms with Gasteiger partial charge < -0.3 is 44.5 Å². The molecule has 61 heavy (non-hydrogen) atoms. The number of nitrogens with one attached hydrogen (secondary N) is 1. The molecule has 1 amide bonds. The highest BCUT2D eigenvalue weighted by Gasteiger charge is 2.53. The van der Waals surface area contributed by atoms with Gasteiger partial charge in [0.25, 0.3) is 11.7 Å². The number of nitrogens with zero attached hydrogens (tertiary/aromatic N) is 1. The summed E-state index contributed by atoms with van der Waals surface area (Å²) in [5.41, 5.74) is -0.160. The maximum Gasteiger partial charge on any atom is 0.343 e. The van der Waals surface area contributed by atoms with E-state index in [-0.39, 0.29) is 56.3 Å². The zero-order chi connectivity index (χ0) is 44.7. The Kier molecular flexibility index (Phi) is 13.2. The van der Waals surface area contributed by atoms with Crippen LogP contribution in [0.15, 0.2) is 71.8 Å². The van der Waals surface area contributed by atoms with Gasteiger partial charge in [-0.3, -0.25) is 19.2 Å². The first-order valence-electron chi connectivity index (χ1n) is 20.7. The van der Waals surface area contributed by atoms with Crippen LogP contribution in [0.3, 0.4) is 0 Å². The van der Waals surface area contributed by atoms with Crippen molar-refractivity contribution in [2.75, 3.05) is 20.2 Å². The zero-order valence-corrected chi connectivity index (χ0v) is 36.1. The third-order valence-corrected chi connectivity index (χ3v) is 12.6. The third kappa shape index (κ3) is 8.46. The smallest absolute Gasteiger partial charge is 0.343 e. The van der Waals surface area contributed by atoms with E-state index in [1.165, 1.54) is 46.3 Å². The lowest BCUT2D eigenvalue weighted by Crippen LogP contribution is -2.45. The Morgan fingerprint density at radius 3 is 2.10 bits per heavy atom. The number of likely N-dealkylation sites (tertiary alicyclic amines) is 1. The standard InChI is InChI=1S/C47H56N2O12/c1-23-15-17-30(18-16-23)46(57)60-42-29(7)43-34-32-33(42)40(53)35(36(41(32)54)49-20-10-11-21-49)48-45(56)25(3)14-12-13-24(2)37(50)27(5)39(52)28(6)38(51)26(4)31(58-9)19-22-59-47(8,61-43)44(34)55/h12-19,22,24,26-28,31,37-39,50-52H,10-11,20-21H2,1-9H3,(H,48,56). The number of aryl methyl sites for hydroxylation is 1. The van der Waals surface area contributed by atoms with E-state index in [0.717, 1.165) is 5.56 Å². The van der Waals surface area contributed by atoms with E-state index in [1.54, 1.807) is 69.0 Å². The number of aliphatic hydroxyl groups is 3. The second kappa shape index (κ2) is 17.9. The lowest BCUT2D eigenvalue weighted by Gasteiger charge is -2.36. The van der Waals surface area contributed by atoms with Gasteiger partial charge in [-0.25, -0.2) is 4.79 Å². The molecule has 7 rings (SSSR count). The number of hydrogen-bond acceptors (Lipinski definition) is 13. The molecule has 4 aliphatic heterocycles. The Labute approximate surface area is 355 Å². The van der Waals surface area contributed by atoms with Crippen molar-refractivity contribution in [3.05, 3.63) is 105 Å².